The van der Waals surface area contributed by atoms with E-state index >= 15 is 0 Å². The molecule has 2 rings (SSSR count). The first-order valence-corrected chi connectivity index (χ1v) is 7.12. The van der Waals surface area contributed by atoms with Crippen molar-refractivity contribution in [1.29, 1.82) is 0 Å². The molecule has 1 aromatic carbocycles. The van der Waals surface area contributed by atoms with Crippen LogP contribution in [0.2, 0.25) is 0 Å². The highest BCUT2D eigenvalue weighted by molar-refractivity contribution is 9.10. The van der Waals surface area contributed by atoms with Gasteiger partial charge in [-0.1, -0.05) is 15.9 Å². The normalized spacial score (nSPS) is 21.2. The molecule has 0 spiro atoms. The molecule has 1 aliphatic heterocycles. The Balaban J connectivity index is 2.09. The summed E-state index contributed by atoms with van der Waals surface area (Å²) >= 11 is 3.48. The van der Waals surface area contributed by atoms with Crippen molar-refractivity contribution in [2.75, 3.05) is 20.2 Å². The molecule has 0 saturated carbocycles. The number of halogens is 1. The molecule has 1 aliphatic rings. The fourth-order valence-electron chi connectivity index (χ4n) is 2.52. The van der Waals surface area contributed by atoms with E-state index < -0.39 is 0 Å². The molecule has 1 N–H and O–H groups in total. The van der Waals surface area contributed by atoms with E-state index in [2.05, 4.69) is 20.8 Å². The van der Waals surface area contributed by atoms with Crippen LogP contribution in [0.4, 0.5) is 0 Å². The van der Waals surface area contributed by atoms with Crippen molar-refractivity contribution in [3.8, 4) is 5.75 Å². The third kappa shape index (κ3) is 3.25. The van der Waals surface area contributed by atoms with Crippen LogP contribution in [0.25, 0.3) is 0 Å². The molecule has 0 amide bonds. The van der Waals surface area contributed by atoms with E-state index in [0.29, 0.717) is 11.9 Å². The highest BCUT2D eigenvalue weighted by Gasteiger charge is 2.20. The second kappa shape index (κ2) is 6.04. The van der Waals surface area contributed by atoms with Crippen LogP contribution in [-0.4, -0.2) is 36.3 Å². The number of methoxy groups -OCH3 is 1. The van der Waals surface area contributed by atoms with Crippen LogP contribution in [0.15, 0.2) is 16.6 Å². The highest BCUT2D eigenvalue weighted by atomic mass is 79.9. The molecule has 1 unspecified atom stereocenters. The fourth-order valence-corrected chi connectivity index (χ4v) is 3.14. The van der Waals surface area contributed by atoms with Crippen molar-refractivity contribution in [3.05, 3.63) is 27.7 Å². The molecule has 0 radical (unpaired) electrons. The Kier molecular flexibility index (Phi) is 4.65. The monoisotopic (exact) mass is 313 g/mol. The maximum Gasteiger partial charge on any atom is 0.123 e. The van der Waals surface area contributed by atoms with Gasteiger partial charge in [0.15, 0.2) is 0 Å². The van der Waals surface area contributed by atoms with Gasteiger partial charge in [0.2, 0.25) is 0 Å². The second-order valence-corrected chi connectivity index (χ2v) is 5.88. The summed E-state index contributed by atoms with van der Waals surface area (Å²) in [7, 11) is 1.77. The molecule has 1 heterocycles. The molecule has 0 aromatic heterocycles. The van der Waals surface area contributed by atoms with Crippen molar-refractivity contribution >= 4 is 15.9 Å². The van der Waals surface area contributed by atoms with Crippen LogP contribution in [0, 0.1) is 6.92 Å². The first-order valence-electron chi connectivity index (χ1n) is 6.33. The number of hydrogen-bond donors (Lipinski definition) is 1. The first-order chi connectivity index (χ1) is 8.60. The number of likely N-dealkylation sites (tertiary alicyclic amines) is 1. The van der Waals surface area contributed by atoms with Gasteiger partial charge < -0.3 is 9.84 Å². The summed E-state index contributed by atoms with van der Waals surface area (Å²) in [6.45, 7) is 4.73. The molecule has 100 valence electrons. The summed E-state index contributed by atoms with van der Waals surface area (Å²) in [6.07, 6.45) is 2.62. The molecular formula is C14H20BrNO2. The predicted octanol–water partition coefficient (Wildman–Crippen LogP) is 3.07. The van der Waals surface area contributed by atoms with Gasteiger partial charge in [-0.15, -0.1) is 0 Å². The Hall–Kier alpha value is -0.580. The van der Waals surface area contributed by atoms with Crippen LogP contribution < -0.4 is 0 Å². The van der Waals surface area contributed by atoms with E-state index in [0.717, 1.165) is 48.1 Å². The van der Waals surface area contributed by atoms with E-state index in [9.17, 15) is 5.11 Å². The lowest BCUT2D eigenvalue weighted by molar-refractivity contribution is 0.0283. The number of hydrogen-bond acceptors (Lipinski definition) is 3. The van der Waals surface area contributed by atoms with E-state index in [1.807, 2.05) is 19.1 Å². The summed E-state index contributed by atoms with van der Waals surface area (Å²) in [4.78, 5) is 2.35. The van der Waals surface area contributed by atoms with Gasteiger partial charge in [0.25, 0.3) is 0 Å². The molecule has 1 atom stereocenters. The van der Waals surface area contributed by atoms with Crippen LogP contribution in [0.1, 0.15) is 24.0 Å². The predicted molar refractivity (Wildman–Crippen MR) is 75.9 cm³/mol. The summed E-state index contributed by atoms with van der Waals surface area (Å²) in [5.41, 5.74) is 1.90. The Morgan fingerprint density at radius 3 is 3.00 bits per heavy atom. The minimum Gasteiger partial charge on any atom is -0.507 e. The Bertz CT molecular complexity index is 423. The molecule has 0 aliphatic carbocycles. The molecule has 1 aromatic rings. The summed E-state index contributed by atoms with van der Waals surface area (Å²) in [5.74, 6) is 0.415. The van der Waals surface area contributed by atoms with Gasteiger partial charge in [-0.25, -0.2) is 0 Å². The number of ether oxygens (including phenoxy) is 1. The van der Waals surface area contributed by atoms with Gasteiger partial charge >= 0.3 is 0 Å². The van der Waals surface area contributed by atoms with Crippen molar-refractivity contribution in [2.45, 2.75) is 32.4 Å². The zero-order valence-electron chi connectivity index (χ0n) is 10.9. The smallest absolute Gasteiger partial charge is 0.123 e. The lowest BCUT2D eigenvalue weighted by Crippen LogP contribution is -2.38. The minimum absolute atomic E-state index is 0.328. The SMILES string of the molecule is COC1CCCN(Cc2cc(Br)cc(C)c2O)C1. The average Bonchev–Trinajstić information content (AvgIpc) is 2.35. The standard InChI is InChI=1S/C14H20BrNO2/c1-10-6-12(15)7-11(14(10)17)8-16-5-3-4-13(9-16)18-2/h6-7,13,17H,3-5,8-9H2,1-2H3. The number of benzene rings is 1. The van der Waals surface area contributed by atoms with Crippen molar-refractivity contribution in [1.82, 2.24) is 4.90 Å². The molecule has 1 saturated heterocycles. The largest absolute Gasteiger partial charge is 0.507 e. The number of aryl methyl sites for hydroxylation is 1. The number of piperidine rings is 1. The minimum atomic E-state index is 0.328. The van der Waals surface area contributed by atoms with Crippen LogP contribution in [-0.2, 0) is 11.3 Å². The average molecular weight is 314 g/mol. The van der Waals surface area contributed by atoms with Gasteiger partial charge in [0, 0.05) is 30.2 Å². The van der Waals surface area contributed by atoms with Crippen LogP contribution in [0.3, 0.4) is 0 Å². The number of phenolic OH excluding ortho intramolecular Hbond substituents is 1. The van der Waals surface area contributed by atoms with E-state index in [1.54, 1.807) is 7.11 Å². The fraction of sp³-hybridized carbons (Fsp3) is 0.571. The maximum atomic E-state index is 10.1. The lowest BCUT2D eigenvalue weighted by atomic mass is 10.1. The molecular weight excluding hydrogens is 294 g/mol. The van der Waals surface area contributed by atoms with Gasteiger partial charge in [-0.2, -0.15) is 0 Å². The summed E-state index contributed by atoms with van der Waals surface area (Å²) in [5, 5.41) is 10.1. The van der Waals surface area contributed by atoms with Crippen molar-refractivity contribution in [3.63, 3.8) is 0 Å². The lowest BCUT2D eigenvalue weighted by Gasteiger charge is -2.32. The summed E-state index contributed by atoms with van der Waals surface area (Å²) < 4.78 is 6.44. The van der Waals surface area contributed by atoms with Crippen molar-refractivity contribution in [2.24, 2.45) is 0 Å². The zero-order chi connectivity index (χ0) is 13.1. The number of rotatable bonds is 3. The third-order valence-corrected chi connectivity index (χ3v) is 3.99. The van der Waals surface area contributed by atoms with E-state index in [4.69, 9.17) is 4.74 Å². The van der Waals surface area contributed by atoms with Crippen molar-refractivity contribution < 1.29 is 9.84 Å². The Morgan fingerprint density at radius 2 is 2.28 bits per heavy atom. The Labute approximate surface area is 117 Å². The molecule has 4 heteroatoms. The number of aromatic hydroxyl groups is 1. The maximum absolute atomic E-state index is 10.1. The third-order valence-electron chi connectivity index (χ3n) is 3.53. The molecule has 1 fully saturated rings. The number of phenols is 1. The summed E-state index contributed by atoms with van der Waals surface area (Å²) in [6, 6.07) is 3.94. The molecule has 0 bridgehead atoms. The quantitative estimate of drug-likeness (QED) is 0.931. The second-order valence-electron chi connectivity index (χ2n) is 4.97. The van der Waals surface area contributed by atoms with Crippen LogP contribution in [0.5, 0.6) is 5.75 Å². The first kappa shape index (κ1) is 13.8. The van der Waals surface area contributed by atoms with Gasteiger partial charge in [0.05, 0.1) is 6.10 Å². The topological polar surface area (TPSA) is 32.7 Å². The van der Waals surface area contributed by atoms with Gasteiger partial charge in [-0.05, 0) is 44.0 Å². The molecule has 18 heavy (non-hydrogen) atoms. The van der Waals surface area contributed by atoms with Gasteiger partial charge in [-0.3, -0.25) is 4.90 Å². The Morgan fingerprint density at radius 1 is 1.50 bits per heavy atom. The zero-order valence-corrected chi connectivity index (χ0v) is 12.5. The highest BCUT2D eigenvalue weighted by Crippen LogP contribution is 2.28. The van der Waals surface area contributed by atoms with E-state index in [1.165, 1.54) is 0 Å². The number of nitrogens with zero attached hydrogens (tertiary/aromatic N) is 1. The molecule has 3 nitrogen and oxygen atoms in total. The van der Waals surface area contributed by atoms with E-state index in [-0.39, 0.29) is 0 Å². The van der Waals surface area contributed by atoms with Gasteiger partial charge in [0.1, 0.15) is 5.75 Å². The van der Waals surface area contributed by atoms with Crippen LogP contribution >= 0.6 is 15.9 Å².